The Balaban J connectivity index is 1.56. The number of aliphatic hydroxyl groups excluding tert-OH is 1. The molecule has 1 saturated heterocycles. The van der Waals surface area contributed by atoms with E-state index in [2.05, 4.69) is 10.4 Å². The van der Waals surface area contributed by atoms with Gasteiger partial charge in [0, 0.05) is 44.0 Å². The molecule has 2 aromatic carbocycles. The second-order valence-corrected chi connectivity index (χ2v) is 9.90. The lowest BCUT2D eigenvalue weighted by atomic mass is 10.2. The molecule has 11 heteroatoms. The predicted molar refractivity (Wildman–Crippen MR) is 125 cm³/mol. The minimum atomic E-state index is -3.49. The van der Waals surface area contributed by atoms with Crippen LogP contribution in [0, 0.1) is 0 Å². The number of aryl methyl sites for hydroxylation is 1. The molecule has 3 aromatic rings. The van der Waals surface area contributed by atoms with Crippen LogP contribution in [0.3, 0.4) is 0 Å². The molecule has 180 valence electrons. The molecule has 0 saturated carbocycles. The van der Waals surface area contributed by atoms with Gasteiger partial charge in [-0.2, -0.15) is 9.40 Å². The third-order valence-electron chi connectivity index (χ3n) is 5.20. The Morgan fingerprint density at radius 1 is 1.12 bits per heavy atom. The highest BCUT2D eigenvalue weighted by Gasteiger charge is 2.29. The van der Waals surface area contributed by atoms with Gasteiger partial charge in [0.2, 0.25) is 10.0 Å². The lowest BCUT2D eigenvalue weighted by molar-refractivity contribution is 0.102. The fraction of sp³-hybridized carbons (Fsp3) is 0.304. The minimum Gasteiger partial charge on any atom is -0.488 e. The molecule has 1 aliphatic heterocycles. The van der Waals surface area contributed by atoms with Crippen molar-refractivity contribution in [2.45, 2.75) is 24.3 Å². The van der Waals surface area contributed by atoms with Gasteiger partial charge in [-0.3, -0.25) is 9.48 Å². The van der Waals surface area contributed by atoms with Gasteiger partial charge in [0.05, 0.1) is 11.5 Å². The molecule has 1 atom stereocenters. The van der Waals surface area contributed by atoms with E-state index in [0.29, 0.717) is 36.2 Å². The smallest absolute Gasteiger partial charge is 0.257 e. The SMILES string of the molecule is CC(CO)Oc1cc(Oc2ccc(S(=O)(=O)N3CCC3)cc2)cc(C(=O)Nc2ccn(C)n2)c1. The van der Waals surface area contributed by atoms with Crippen LogP contribution in [0.2, 0.25) is 0 Å². The number of carbonyl (C=O) groups is 1. The van der Waals surface area contributed by atoms with E-state index in [1.54, 1.807) is 61.2 Å². The molecule has 1 amide bonds. The standard InChI is InChI=1S/C23H26N4O6S/c1-16(15-28)32-19-12-17(23(29)24-22-8-11-26(2)25-22)13-20(14-19)33-18-4-6-21(7-5-18)34(30,31)27-9-3-10-27/h4-8,11-14,16,28H,3,9-10,15H2,1-2H3,(H,24,25,29). The highest BCUT2D eigenvalue weighted by molar-refractivity contribution is 7.89. The number of hydrogen-bond donors (Lipinski definition) is 2. The van der Waals surface area contributed by atoms with Gasteiger partial charge >= 0.3 is 0 Å². The maximum atomic E-state index is 12.8. The number of sulfonamides is 1. The van der Waals surface area contributed by atoms with E-state index in [1.807, 2.05) is 0 Å². The summed E-state index contributed by atoms with van der Waals surface area (Å²) in [5, 5.41) is 16.2. The van der Waals surface area contributed by atoms with Crippen LogP contribution in [0.1, 0.15) is 23.7 Å². The number of aromatic nitrogens is 2. The van der Waals surface area contributed by atoms with Gasteiger partial charge in [-0.25, -0.2) is 8.42 Å². The van der Waals surface area contributed by atoms with Crippen LogP contribution >= 0.6 is 0 Å². The number of benzene rings is 2. The van der Waals surface area contributed by atoms with Crippen LogP contribution in [-0.4, -0.2) is 59.3 Å². The van der Waals surface area contributed by atoms with E-state index in [-0.39, 0.29) is 17.1 Å². The summed E-state index contributed by atoms with van der Waals surface area (Å²) in [6.07, 6.45) is 2.08. The topological polar surface area (TPSA) is 123 Å². The molecule has 34 heavy (non-hydrogen) atoms. The highest BCUT2D eigenvalue weighted by atomic mass is 32.2. The molecule has 4 rings (SSSR count). The van der Waals surface area contributed by atoms with E-state index < -0.39 is 22.0 Å². The Kier molecular flexibility index (Phi) is 6.87. The first-order chi connectivity index (χ1) is 16.2. The first kappa shape index (κ1) is 23.7. The van der Waals surface area contributed by atoms with E-state index in [4.69, 9.17) is 9.47 Å². The van der Waals surface area contributed by atoms with Gasteiger partial charge in [0.15, 0.2) is 5.82 Å². The third-order valence-corrected chi connectivity index (χ3v) is 7.12. The molecule has 2 heterocycles. The summed E-state index contributed by atoms with van der Waals surface area (Å²) in [5.74, 6) is 1.02. The number of ether oxygens (including phenoxy) is 2. The Morgan fingerprint density at radius 2 is 1.82 bits per heavy atom. The van der Waals surface area contributed by atoms with E-state index in [9.17, 15) is 18.3 Å². The van der Waals surface area contributed by atoms with Gasteiger partial charge in [-0.15, -0.1) is 0 Å². The zero-order chi connectivity index (χ0) is 24.3. The second-order valence-electron chi connectivity index (χ2n) is 7.96. The van der Waals surface area contributed by atoms with Crippen molar-refractivity contribution in [2.75, 3.05) is 25.0 Å². The number of amides is 1. The zero-order valence-corrected chi connectivity index (χ0v) is 19.7. The number of nitrogens with one attached hydrogen (secondary N) is 1. The van der Waals surface area contributed by atoms with Gasteiger partial charge in [-0.05, 0) is 49.7 Å². The van der Waals surface area contributed by atoms with Crippen molar-refractivity contribution in [2.24, 2.45) is 7.05 Å². The fourth-order valence-corrected chi connectivity index (χ4v) is 4.78. The van der Waals surface area contributed by atoms with Crippen LogP contribution in [0.15, 0.2) is 59.6 Å². The second kappa shape index (κ2) is 9.84. The molecular weight excluding hydrogens is 460 g/mol. The molecule has 1 unspecified atom stereocenters. The molecule has 1 aliphatic rings. The number of rotatable bonds is 9. The van der Waals surface area contributed by atoms with Crippen molar-refractivity contribution >= 4 is 21.7 Å². The summed E-state index contributed by atoms with van der Waals surface area (Å²) in [5.41, 5.74) is 0.264. The lowest BCUT2D eigenvalue weighted by Crippen LogP contribution is -2.41. The highest BCUT2D eigenvalue weighted by Crippen LogP contribution is 2.30. The maximum Gasteiger partial charge on any atom is 0.257 e. The summed E-state index contributed by atoms with van der Waals surface area (Å²) in [6, 6.07) is 12.4. The molecule has 1 aromatic heterocycles. The molecule has 0 bridgehead atoms. The van der Waals surface area contributed by atoms with Crippen LogP contribution in [0.5, 0.6) is 17.2 Å². The molecular formula is C23H26N4O6S. The normalized spacial score (nSPS) is 14.8. The first-order valence-corrected chi connectivity index (χ1v) is 12.2. The number of nitrogens with zero attached hydrogens (tertiary/aromatic N) is 3. The van der Waals surface area contributed by atoms with Crippen molar-refractivity contribution in [3.63, 3.8) is 0 Å². The number of aliphatic hydroxyl groups is 1. The zero-order valence-electron chi connectivity index (χ0n) is 18.8. The van der Waals surface area contributed by atoms with Gasteiger partial charge in [-0.1, -0.05) is 0 Å². The average Bonchev–Trinajstić information content (AvgIpc) is 3.16. The molecule has 0 spiro atoms. The van der Waals surface area contributed by atoms with Gasteiger partial charge < -0.3 is 19.9 Å². The van der Waals surface area contributed by atoms with Crippen molar-refractivity contribution in [1.29, 1.82) is 0 Å². The number of carbonyl (C=O) groups excluding carboxylic acids is 1. The van der Waals surface area contributed by atoms with Gasteiger partial charge in [0.1, 0.15) is 23.4 Å². The van der Waals surface area contributed by atoms with E-state index in [0.717, 1.165) is 6.42 Å². The molecule has 0 aliphatic carbocycles. The van der Waals surface area contributed by atoms with E-state index >= 15 is 0 Å². The Bertz CT molecular complexity index is 1270. The fourth-order valence-electron chi connectivity index (χ4n) is 3.26. The number of hydrogen-bond acceptors (Lipinski definition) is 7. The average molecular weight is 487 g/mol. The summed E-state index contributed by atoms with van der Waals surface area (Å²) >= 11 is 0. The molecule has 2 N–H and O–H groups in total. The Labute approximate surface area is 197 Å². The third kappa shape index (κ3) is 5.38. The Morgan fingerprint density at radius 3 is 2.41 bits per heavy atom. The van der Waals surface area contributed by atoms with E-state index in [1.165, 1.54) is 16.4 Å². The minimum absolute atomic E-state index is 0.198. The molecule has 1 fully saturated rings. The monoisotopic (exact) mass is 486 g/mol. The first-order valence-electron chi connectivity index (χ1n) is 10.8. The summed E-state index contributed by atoms with van der Waals surface area (Å²) in [7, 11) is -1.74. The van der Waals surface area contributed by atoms with Crippen LogP contribution < -0.4 is 14.8 Å². The van der Waals surface area contributed by atoms with Crippen molar-refractivity contribution in [1.82, 2.24) is 14.1 Å². The van der Waals surface area contributed by atoms with Gasteiger partial charge in [0.25, 0.3) is 5.91 Å². The Hall–Kier alpha value is -3.41. The molecule has 0 radical (unpaired) electrons. The summed E-state index contributed by atoms with van der Waals surface area (Å²) in [4.78, 5) is 13.0. The number of anilines is 1. The predicted octanol–water partition coefficient (Wildman–Crippen LogP) is 2.62. The van der Waals surface area contributed by atoms with Crippen molar-refractivity contribution < 1.29 is 27.8 Å². The maximum absolute atomic E-state index is 12.8. The quantitative estimate of drug-likeness (QED) is 0.477. The summed E-state index contributed by atoms with van der Waals surface area (Å²) in [6.45, 7) is 2.55. The lowest BCUT2D eigenvalue weighted by Gasteiger charge is -2.29. The van der Waals surface area contributed by atoms with Crippen LogP contribution in [0.4, 0.5) is 5.82 Å². The van der Waals surface area contributed by atoms with Crippen molar-refractivity contribution in [3.8, 4) is 17.2 Å². The molecule has 10 nitrogen and oxygen atoms in total. The van der Waals surface area contributed by atoms with Crippen molar-refractivity contribution in [3.05, 3.63) is 60.3 Å². The van der Waals surface area contributed by atoms with Crippen LogP contribution in [-0.2, 0) is 17.1 Å². The van der Waals surface area contributed by atoms with Crippen LogP contribution in [0.25, 0.3) is 0 Å². The largest absolute Gasteiger partial charge is 0.488 e. The summed E-state index contributed by atoms with van der Waals surface area (Å²) < 4.78 is 39.6.